The molecule has 0 aromatic carbocycles. The molecular formula is C15H30N2O2. The smallest absolute Gasteiger partial charge is 0.0593 e. The van der Waals surface area contributed by atoms with Crippen LogP contribution in [-0.4, -0.2) is 63.5 Å². The van der Waals surface area contributed by atoms with Crippen LogP contribution in [0.15, 0.2) is 0 Å². The maximum Gasteiger partial charge on any atom is 0.0593 e. The van der Waals surface area contributed by atoms with Crippen molar-refractivity contribution in [3.63, 3.8) is 0 Å². The van der Waals surface area contributed by atoms with Gasteiger partial charge in [-0.05, 0) is 31.6 Å². The first kappa shape index (κ1) is 15.2. The van der Waals surface area contributed by atoms with Crippen LogP contribution in [0.5, 0.6) is 0 Å². The van der Waals surface area contributed by atoms with Crippen LogP contribution >= 0.6 is 0 Å². The summed E-state index contributed by atoms with van der Waals surface area (Å²) in [5.74, 6) is 0.947. The number of nitrogens with one attached hydrogen (secondary N) is 1. The van der Waals surface area contributed by atoms with E-state index in [1.54, 1.807) is 7.11 Å². The van der Waals surface area contributed by atoms with Gasteiger partial charge in [0.15, 0.2) is 0 Å². The van der Waals surface area contributed by atoms with Gasteiger partial charge in [-0.1, -0.05) is 6.92 Å². The Labute approximate surface area is 117 Å². The van der Waals surface area contributed by atoms with Gasteiger partial charge in [0, 0.05) is 52.0 Å². The molecule has 0 bridgehead atoms. The summed E-state index contributed by atoms with van der Waals surface area (Å²) in [6.45, 7) is 8.22. The summed E-state index contributed by atoms with van der Waals surface area (Å²) in [5.41, 5.74) is 0. The molecule has 1 saturated heterocycles. The molecule has 0 radical (unpaired) electrons. The van der Waals surface area contributed by atoms with Gasteiger partial charge in [0.25, 0.3) is 0 Å². The average Bonchev–Trinajstić information content (AvgIpc) is 3.27. The molecule has 0 aromatic rings. The predicted octanol–water partition coefficient (Wildman–Crippen LogP) is 1.50. The van der Waals surface area contributed by atoms with Crippen molar-refractivity contribution in [1.29, 1.82) is 0 Å². The Bertz CT molecular complexity index is 246. The van der Waals surface area contributed by atoms with Crippen molar-refractivity contribution < 1.29 is 9.47 Å². The highest BCUT2D eigenvalue weighted by atomic mass is 16.5. The molecule has 2 aliphatic rings. The number of hydrogen-bond acceptors (Lipinski definition) is 4. The lowest BCUT2D eigenvalue weighted by Gasteiger charge is -2.40. The molecule has 1 N–H and O–H groups in total. The number of piperazine rings is 1. The van der Waals surface area contributed by atoms with E-state index in [0.717, 1.165) is 51.3 Å². The molecule has 1 aliphatic heterocycles. The highest BCUT2D eigenvalue weighted by Gasteiger charge is 2.36. The number of hydrogen-bond donors (Lipinski definition) is 1. The maximum atomic E-state index is 5.70. The largest absolute Gasteiger partial charge is 0.385 e. The Kier molecular flexibility index (Phi) is 6.57. The van der Waals surface area contributed by atoms with E-state index in [4.69, 9.17) is 9.47 Å². The molecule has 19 heavy (non-hydrogen) atoms. The summed E-state index contributed by atoms with van der Waals surface area (Å²) in [5, 5.41) is 3.73. The number of rotatable bonds is 9. The van der Waals surface area contributed by atoms with Gasteiger partial charge in [-0.2, -0.15) is 0 Å². The van der Waals surface area contributed by atoms with Crippen molar-refractivity contribution in [3.8, 4) is 0 Å². The van der Waals surface area contributed by atoms with Gasteiger partial charge in [0.1, 0.15) is 0 Å². The van der Waals surface area contributed by atoms with Gasteiger partial charge < -0.3 is 14.8 Å². The number of nitrogens with zero attached hydrogens (tertiary/aromatic N) is 1. The Morgan fingerprint density at radius 2 is 2.05 bits per heavy atom. The first-order valence-corrected chi connectivity index (χ1v) is 7.89. The molecule has 2 unspecified atom stereocenters. The summed E-state index contributed by atoms with van der Waals surface area (Å²) in [6.07, 6.45) is 5.08. The lowest BCUT2D eigenvalue weighted by molar-refractivity contribution is 0.0530. The highest BCUT2D eigenvalue weighted by Crippen LogP contribution is 2.34. The minimum absolute atomic E-state index is 0.692. The topological polar surface area (TPSA) is 33.7 Å². The van der Waals surface area contributed by atoms with E-state index in [2.05, 4.69) is 17.1 Å². The zero-order valence-electron chi connectivity index (χ0n) is 12.6. The van der Waals surface area contributed by atoms with Crippen molar-refractivity contribution >= 4 is 0 Å². The van der Waals surface area contributed by atoms with Crippen molar-refractivity contribution in [2.45, 2.75) is 44.7 Å². The third-order valence-electron chi connectivity index (χ3n) is 4.39. The Morgan fingerprint density at radius 1 is 1.21 bits per heavy atom. The van der Waals surface area contributed by atoms with Crippen LogP contribution in [0, 0.1) is 5.92 Å². The maximum absolute atomic E-state index is 5.70. The Balaban J connectivity index is 1.63. The van der Waals surface area contributed by atoms with Crippen molar-refractivity contribution in [2.75, 3.05) is 46.6 Å². The van der Waals surface area contributed by atoms with Gasteiger partial charge in [0.2, 0.25) is 0 Å². The molecule has 4 heteroatoms. The fraction of sp³-hybridized carbons (Fsp3) is 1.00. The van der Waals surface area contributed by atoms with Crippen molar-refractivity contribution in [1.82, 2.24) is 10.2 Å². The van der Waals surface area contributed by atoms with Crippen LogP contribution in [0.3, 0.4) is 0 Å². The Morgan fingerprint density at radius 3 is 2.74 bits per heavy atom. The van der Waals surface area contributed by atoms with Crippen LogP contribution < -0.4 is 5.32 Å². The molecular weight excluding hydrogens is 240 g/mol. The van der Waals surface area contributed by atoms with Gasteiger partial charge >= 0.3 is 0 Å². The van der Waals surface area contributed by atoms with Gasteiger partial charge in [-0.25, -0.2) is 0 Å². The minimum atomic E-state index is 0.692. The van der Waals surface area contributed by atoms with E-state index >= 15 is 0 Å². The third kappa shape index (κ3) is 5.03. The molecule has 4 nitrogen and oxygen atoms in total. The van der Waals surface area contributed by atoms with Crippen molar-refractivity contribution in [2.24, 2.45) is 5.92 Å². The number of ether oxygens (including phenoxy) is 2. The second kappa shape index (κ2) is 8.20. The van der Waals surface area contributed by atoms with E-state index < -0.39 is 0 Å². The molecule has 1 heterocycles. The molecule has 2 fully saturated rings. The summed E-state index contributed by atoms with van der Waals surface area (Å²) in [6, 6.07) is 1.42. The lowest BCUT2D eigenvalue weighted by Crippen LogP contribution is -2.57. The molecule has 0 spiro atoms. The fourth-order valence-corrected chi connectivity index (χ4v) is 2.96. The van der Waals surface area contributed by atoms with Crippen LogP contribution in [0.2, 0.25) is 0 Å². The zero-order chi connectivity index (χ0) is 13.5. The first-order chi connectivity index (χ1) is 9.35. The van der Waals surface area contributed by atoms with Crippen LogP contribution in [0.25, 0.3) is 0 Å². The first-order valence-electron chi connectivity index (χ1n) is 7.89. The van der Waals surface area contributed by atoms with Crippen LogP contribution in [0.4, 0.5) is 0 Å². The molecule has 1 saturated carbocycles. The third-order valence-corrected chi connectivity index (χ3v) is 4.39. The molecule has 1 aliphatic carbocycles. The molecule has 112 valence electrons. The summed E-state index contributed by atoms with van der Waals surface area (Å²) >= 11 is 0. The van der Waals surface area contributed by atoms with E-state index in [0.29, 0.717) is 6.04 Å². The summed E-state index contributed by atoms with van der Waals surface area (Å²) in [4.78, 5) is 2.63. The minimum Gasteiger partial charge on any atom is -0.385 e. The summed E-state index contributed by atoms with van der Waals surface area (Å²) < 4.78 is 10.7. The van der Waals surface area contributed by atoms with E-state index in [1.165, 1.54) is 25.8 Å². The van der Waals surface area contributed by atoms with Gasteiger partial charge in [-0.15, -0.1) is 0 Å². The second-order valence-corrected chi connectivity index (χ2v) is 5.87. The highest BCUT2D eigenvalue weighted by molar-refractivity contribution is 4.94. The monoisotopic (exact) mass is 270 g/mol. The second-order valence-electron chi connectivity index (χ2n) is 5.87. The van der Waals surface area contributed by atoms with E-state index in [1.807, 2.05) is 0 Å². The molecule has 2 rings (SSSR count). The lowest BCUT2D eigenvalue weighted by atomic mass is 10.0. The molecule has 2 atom stereocenters. The quantitative estimate of drug-likeness (QED) is 0.644. The normalized spacial score (nSPS) is 28.7. The van der Waals surface area contributed by atoms with Gasteiger partial charge in [0.05, 0.1) is 6.61 Å². The fourth-order valence-electron chi connectivity index (χ4n) is 2.96. The predicted molar refractivity (Wildman–Crippen MR) is 77.5 cm³/mol. The SMILES string of the molecule is CCC1CNC(C2CC2)CN1CCOCCCOC. The number of methoxy groups -OCH3 is 1. The van der Waals surface area contributed by atoms with Crippen LogP contribution in [-0.2, 0) is 9.47 Å². The summed E-state index contributed by atoms with van der Waals surface area (Å²) in [7, 11) is 1.74. The van der Waals surface area contributed by atoms with E-state index in [9.17, 15) is 0 Å². The van der Waals surface area contributed by atoms with Gasteiger partial charge in [-0.3, -0.25) is 4.90 Å². The Hall–Kier alpha value is -0.160. The standard InChI is InChI=1S/C15H30N2O2/c1-3-14-11-16-15(13-5-6-13)12-17(14)7-10-19-9-4-8-18-2/h13-16H,3-12H2,1-2H3. The van der Waals surface area contributed by atoms with Crippen molar-refractivity contribution in [3.05, 3.63) is 0 Å². The zero-order valence-corrected chi connectivity index (χ0v) is 12.6. The molecule has 0 amide bonds. The van der Waals surface area contributed by atoms with Crippen LogP contribution in [0.1, 0.15) is 32.6 Å². The van der Waals surface area contributed by atoms with E-state index in [-0.39, 0.29) is 0 Å². The average molecular weight is 270 g/mol. The molecule has 0 aromatic heterocycles.